The van der Waals surface area contributed by atoms with Crippen LogP contribution in [0.5, 0.6) is 5.75 Å². The number of hydrogen-bond donors (Lipinski definition) is 3. The molecule has 0 aromatic heterocycles. The summed E-state index contributed by atoms with van der Waals surface area (Å²) in [6.07, 6.45) is 1.67. The number of hydrogen-bond acceptors (Lipinski definition) is 3. The second-order valence-corrected chi connectivity index (χ2v) is 7.01. The molecule has 144 valence electrons. The molecule has 3 N–H and O–H groups in total. The zero-order valence-electron chi connectivity index (χ0n) is 15.3. The lowest BCUT2D eigenvalue weighted by Crippen LogP contribution is -2.45. The minimum atomic E-state index is -0.456. The van der Waals surface area contributed by atoms with Gasteiger partial charge in [0.2, 0.25) is 0 Å². The fraction of sp³-hybridized carbons (Fsp3) is 0.143. The molecule has 0 spiro atoms. The van der Waals surface area contributed by atoms with Crippen LogP contribution in [0.4, 0.5) is 5.69 Å². The van der Waals surface area contributed by atoms with Crippen LogP contribution in [0.3, 0.4) is 0 Å². The summed E-state index contributed by atoms with van der Waals surface area (Å²) in [4.78, 5) is 13.1. The number of ether oxygens (including phenoxy) is 1. The third-order valence-corrected chi connectivity index (χ3v) is 4.67. The Morgan fingerprint density at radius 3 is 2.71 bits per heavy atom. The maximum atomic E-state index is 13.1. The van der Waals surface area contributed by atoms with Crippen LogP contribution in [0.15, 0.2) is 72.5 Å². The van der Waals surface area contributed by atoms with Gasteiger partial charge in [0.15, 0.2) is 5.11 Å². The van der Waals surface area contributed by atoms with Crippen molar-refractivity contribution in [3.8, 4) is 5.75 Å². The zero-order valence-corrected chi connectivity index (χ0v) is 16.9. The maximum Gasteiger partial charge on any atom is 0.255 e. The number of amides is 1. The van der Waals surface area contributed by atoms with E-state index in [1.54, 1.807) is 30.3 Å². The minimum Gasteiger partial charge on any atom is -0.489 e. The van der Waals surface area contributed by atoms with E-state index in [1.807, 2.05) is 31.2 Å². The van der Waals surface area contributed by atoms with Gasteiger partial charge in [-0.05, 0) is 49.5 Å². The Morgan fingerprint density at radius 2 is 2.00 bits per heavy atom. The number of anilines is 1. The Labute approximate surface area is 174 Å². The van der Waals surface area contributed by atoms with Crippen molar-refractivity contribution in [2.45, 2.75) is 13.0 Å². The summed E-state index contributed by atoms with van der Waals surface area (Å²) >= 11 is 11.2. The number of halogens is 1. The second kappa shape index (κ2) is 8.91. The monoisotopic (exact) mass is 413 g/mol. The van der Waals surface area contributed by atoms with Crippen molar-refractivity contribution in [2.24, 2.45) is 0 Å². The van der Waals surface area contributed by atoms with Gasteiger partial charge in [-0.25, -0.2) is 0 Å². The van der Waals surface area contributed by atoms with E-state index in [4.69, 9.17) is 28.6 Å². The predicted molar refractivity (Wildman–Crippen MR) is 117 cm³/mol. The Kier molecular flexibility index (Phi) is 6.34. The lowest BCUT2D eigenvalue weighted by molar-refractivity contribution is -0.113. The third kappa shape index (κ3) is 4.52. The summed E-state index contributed by atoms with van der Waals surface area (Å²) in [6.45, 7) is 5.87. The first-order valence-electron chi connectivity index (χ1n) is 8.67. The number of rotatable bonds is 6. The number of benzene rings is 2. The Morgan fingerprint density at radius 1 is 1.29 bits per heavy atom. The molecular formula is C21H20ClN3O2S. The fourth-order valence-electron chi connectivity index (χ4n) is 2.96. The van der Waals surface area contributed by atoms with Crippen LogP contribution in [-0.4, -0.2) is 17.6 Å². The summed E-state index contributed by atoms with van der Waals surface area (Å²) in [5.41, 5.74) is 2.67. The SMILES string of the molecule is C=CCOc1ccccc1C1NC(=S)NC(C)=C1C(=O)Nc1ccc(Cl)cc1. The number of carbonyl (C=O) groups is 1. The Bertz CT molecular complexity index is 941. The number of allylic oxidation sites excluding steroid dienone is 1. The molecule has 1 aliphatic heterocycles. The summed E-state index contributed by atoms with van der Waals surface area (Å²) < 4.78 is 5.78. The first kappa shape index (κ1) is 19.9. The van der Waals surface area contributed by atoms with E-state index < -0.39 is 6.04 Å². The van der Waals surface area contributed by atoms with Crippen molar-refractivity contribution in [3.05, 3.63) is 83.0 Å². The molecule has 1 unspecified atom stereocenters. The van der Waals surface area contributed by atoms with Gasteiger partial charge < -0.3 is 20.7 Å². The van der Waals surface area contributed by atoms with Crippen molar-refractivity contribution < 1.29 is 9.53 Å². The van der Waals surface area contributed by atoms with E-state index in [9.17, 15) is 4.79 Å². The van der Waals surface area contributed by atoms with Crippen molar-refractivity contribution in [1.29, 1.82) is 0 Å². The van der Waals surface area contributed by atoms with Crippen LogP contribution < -0.4 is 20.7 Å². The highest BCUT2D eigenvalue weighted by Gasteiger charge is 2.31. The van der Waals surface area contributed by atoms with E-state index in [0.29, 0.717) is 39.4 Å². The van der Waals surface area contributed by atoms with E-state index in [2.05, 4.69) is 22.5 Å². The minimum absolute atomic E-state index is 0.245. The van der Waals surface area contributed by atoms with E-state index in [-0.39, 0.29) is 5.91 Å². The predicted octanol–water partition coefficient (Wildman–Crippen LogP) is 4.34. The quantitative estimate of drug-likeness (QED) is 0.486. The molecule has 1 atom stereocenters. The summed E-state index contributed by atoms with van der Waals surface area (Å²) in [5.74, 6) is 0.417. The Hall–Kier alpha value is -2.83. The first-order chi connectivity index (χ1) is 13.5. The van der Waals surface area contributed by atoms with Crippen LogP contribution in [-0.2, 0) is 4.79 Å². The molecule has 1 amide bonds. The molecule has 3 rings (SSSR count). The summed E-state index contributed by atoms with van der Waals surface area (Å²) in [6, 6.07) is 14.0. The number of para-hydroxylation sites is 1. The van der Waals surface area contributed by atoms with Gasteiger partial charge in [0.05, 0.1) is 11.6 Å². The fourth-order valence-corrected chi connectivity index (χ4v) is 3.36. The number of carbonyl (C=O) groups excluding carboxylic acids is 1. The van der Waals surface area contributed by atoms with Gasteiger partial charge in [0.25, 0.3) is 5.91 Å². The highest BCUT2D eigenvalue weighted by Crippen LogP contribution is 2.33. The molecule has 0 aliphatic carbocycles. The first-order valence-corrected chi connectivity index (χ1v) is 9.46. The molecule has 1 heterocycles. The highest BCUT2D eigenvalue weighted by atomic mass is 35.5. The average molecular weight is 414 g/mol. The van der Waals surface area contributed by atoms with E-state index in [0.717, 1.165) is 5.56 Å². The molecule has 0 fully saturated rings. The lowest BCUT2D eigenvalue weighted by Gasteiger charge is -2.31. The van der Waals surface area contributed by atoms with Crippen LogP contribution >= 0.6 is 23.8 Å². The molecule has 0 radical (unpaired) electrons. The van der Waals surface area contributed by atoms with E-state index in [1.165, 1.54) is 0 Å². The van der Waals surface area contributed by atoms with E-state index >= 15 is 0 Å². The Balaban J connectivity index is 1.96. The van der Waals surface area contributed by atoms with Crippen molar-refractivity contribution in [3.63, 3.8) is 0 Å². The molecule has 2 aromatic rings. The van der Waals surface area contributed by atoms with Gasteiger partial charge in [0.1, 0.15) is 12.4 Å². The van der Waals surface area contributed by atoms with Crippen LogP contribution in [0.2, 0.25) is 5.02 Å². The van der Waals surface area contributed by atoms with Crippen molar-refractivity contribution >= 4 is 40.5 Å². The molecule has 7 heteroatoms. The van der Waals surface area contributed by atoms with Crippen molar-refractivity contribution in [1.82, 2.24) is 10.6 Å². The zero-order chi connectivity index (χ0) is 20.1. The molecule has 2 aromatic carbocycles. The standard InChI is InChI=1S/C21H20ClN3O2S/c1-3-12-27-17-7-5-4-6-16(17)19-18(13(2)23-21(28)25-19)20(26)24-15-10-8-14(22)9-11-15/h3-11,19H,1,12H2,2H3,(H,24,26)(H2,23,25,28). The molecule has 0 bridgehead atoms. The summed E-state index contributed by atoms with van der Waals surface area (Å²) in [7, 11) is 0. The number of thiocarbonyl (C=S) groups is 1. The van der Waals surface area contributed by atoms with Crippen molar-refractivity contribution in [2.75, 3.05) is 11.9 Å². The topological polar surface area (TPSA) is 62.4 Å². The molecule has 28 heavy (non-hydrogen) atoms. The third-order valence-electron chi connectivity index (χ3n) is 4.20. The molecule has 1 aliphatic rings. The van der Waals surface area contributed by atoms with Gasteiger partial charge >= 0.3 is 0 Å². The van der Waals surface area contributed by atoms with Gasteiger partial charge in [-0.15, -0.1) is 0 Å². The van der Waals surface area contributed by atoms with Gasteiger partial charge in [-0.1, -0.05) is 42.5 Å². The maximum absolute atomic E-state index is 13.1. The number of nitrogens with one attached hydrogen (secondary N) is 3. The van der Waals surface area contributed by atoms with Gasteiger partial charge in [-0.3, -0.25) is 4.79 Å². The molecule has 0 saturated carbocycles. The largest absolute Gasteiger partial charge is 0.489 e. The van der Waals surface area contributed by atoms with Gasteiger partial charge in [-0.2, -0.15) is 0 Å². The van der Waals surface area contributed by atoms with Gasteiger partial charge in [0, 0.05) is 22.0 Å². The van der Waals surface area contributed by atoms with Crippen LogP contribution in [0.25, 0.3) is 0 Å². The molecular weight excluding hydrogens is 394 g/mol. The summed E-state index contributed by atoms with van der Waals surface area (Å²) in [5, 5.41) is 10.2. The van der Waals surface area contributed by atoms with Crippen LogP contribution in [0.1, 0.15) is 18.5 Å². The molecule has 0 saturated heterocycles. The normalized spacial score (nSPS) is 16.1. The molecule has 5 nitrogen and oxygen atoms in total. The second-order valence-electron chi connectivity index (χ2n) is 6.17. The average Bonchev–Trinajstić information content (AvgIpc) is 2.67. The highest BCUT2D eigenvalue weighted by molar-refractivity contribution is 7.80. The lowest BCUT2D eigenvalue weighted by atomic mass is 9.94. The van der Waals surface area contributed by atoms with Crippen LogP contribution in [0, 0.1) is 0 Å². The smallest absolute Gasteiger partial charge is 0.255 e.